The standard InChI is InChI=1S/C15H19N5/c1-20(15-16-8-5-9-17-15)11-13-10-14(19-18-13)12-6-3-2-4-7-12/h2-9,13-14,18-19H,10-11H2,1H3. The van der Waals surface area contributed by atoms with Crippen molar-refractivity contribution >= 4 is 5.95 Å². The molecule has 1 aliphatic heterocycles. The Hall–Kier alpha value is -1.98. The Labute approximate surface area is 119 Å². The first-order valence-corrected chi connectivity index (χ1v) is 6.87. The zero-order chi connectivity index (χ0) is 13.8. The first-order chi connectivity index (χ1) is 9.83. The molecule has 2 aromatic rings. The number of aromatic nitrogens is 2. The van der Waals surface area contributed by atoms with Gasteiger partial charge in [0.15, 0.2) is 0 Å². The Kier molecular flexibility index (Phi) is 3.90. The molecule has 2 N–H and O–H groups in total. The van der Waals surface area contributed by atoms with Gasteiger partial charge in [-0.3, -0.25) is 5.43 Å². The largest absolute Gasteiger partial charge is 0.342 e. The van der Waals surface area contributed by atoms with E-state index >= 15 is 0 Å². The van der Waals surface area contributed by atoms with E-state index in [0.29, 0.717) is 12.1 Å². The molecule has 5 nitrogen and oxygen atoms in total. The first kappa shape index (κ1) is 13.0. The lowest BCUT2D eigenvalue weighted by molar-refractivity contribution is 0.538. The van der Waals surface area contributed by atoms with E-state index in [1.54, 1.807) is 12.4 Å². The molecule has 0 bridgehead atoms. The summed E-state index contributed by atoms with van der Waals surface area (Å²) in [5.74, 6) is 0.762. The number of hydrogen-bond acceptors (Lipinski definition) is 5. The van der Waals surface area contributed by atoms with Crippen molar-refractivity contribution < 1.29 is 0 Å². The number of anilines is 1. The lowest BCUT2D eigenvalue weighted by Gasteiger charge is -2.20. The molecule has 104 valence electrons. The number of hydrazine groups is 1. The summed E-state index contributed by atoms with van der Waals surface area (Å²) in [5.41, 5.74) is 8.04. The van der Waals surface area contributed by atoms with Crippen LogP contribution in [0.3, 0.4) is 0 Å². The normalized spacial score (nSPS) is 21.9. The van der Waals surface area contributed by atoms with E-state index in [4.69, 9.17) is 0 Å². The van der Waals surface area contributed by atoms with E-state index in [-0.39, 0.29) is 0 Å². The van der Waals surface area contributed by atoms with Crippen molar-refractivity contribution in [3.05, 3.63) is 54.4 Å². The highest BCUT2D eigenvalue weighted by Crippen LogP contribution is 2.22. The average molecular weight is 269 g/mol. The summed E-state index contributed by atoms with van der Waals surface area (Å²) < 4.78 is 0. The Morgan fingerprint density at radius 1 is 1.10 bits per heavy atom. The van der Waals surface area contributed by atoms with Crippen LogP contribution in [0.1, 0.15) is 18.0 Å². The van der Waals surface area contributed by atoms with Crippen LogP contribution in [0.2, 0.25) is 0 Å². The van der Waals surface area contributed by atoms with Gasteiger partial charge in [0.1, 0.15) is 0 Å². The Bertz CT molecular complexity index is 530. The quantitative estimate of drug-likeness (QED) is 0.881. The van der Waals surface area contributed by atoms with Crippen molar-refractivity contribution in [1.82, 2.24) is 20.8 Å². The Morgan fingerprint density at radius 3 is 2.60 bits per heavy atom. The van der Waals surface area contributed by atoms with E-state index in [1.165, 1.54) is 5.56 Å². The highest BCUT2D eigenvalue weighted by Gasteiger charge is 2.26. The van der Waals surface area contributed by atoms with Crippen LogP contribution in [0, 0.1) is 0 Å². The second-order valence-electron chi connectivity index (χ2n) is 5.11. The Balaban J connectivity index is 1.58. The molecule has 1 fully saturated rings. The molecule has 2 atom stereocenters. The number of benzene rings is 1. The molecule has 0 spiro atoms. The number of nitrogens with one attached hydrogen (secondary N) is 2. The van der Waals surface area contributed by atoms with Crippen LogP contribution in [-0.4, -0.2) is 29.6 Å². The lowest BCUT2D eigenvalue weighted by Crippen LogP contribution is -2.39. The van der Waals surface area contributed by atoms with Gasteiger partial charge in [0.2, 0.25) is 5.95 Å². The van der Waals surface area contributed by atoms with Crippen LogP contribution in [0.4, 0.5) is 5.95 Å². The Morgan fingerprint density at radius 2 is 1.85 bits per heavy atom. The summed E-state index contributed by atoms with van der Waals surface area (Å²) in [4.78, 5) is 10.6. The molecule has 0 saturated carbocycles. The second kappa shape index (κ2) is 5.98. The monoisotopic (exact) mass is 269 g/mol. The topological polar surface area (TPSA) is 53.1 Å². The van der Waals surface area contributed by atoms with Gasteiger partial charge < -0.3 is 4.90 Å². The summed E-state index contributed by atoms with van der Waals surface area (Å²) in [6.07, 6.45) is 4.60. The molecule has 1 saturated heterocycles. The number of nitrogens with zero attached hydrogens (tertiary/aromatic N) is 3. The van der Waals surface area contributed by atoms with Gasteiger partial charge in [-0.25, -0.2) is 15.4 Å². The van der Waals surface area contributed by atoms with Gasteiger partial charge in [0, 0.05) is 38.1 Å². The van der Waals surface area contributed by atoms with Crippen molar-refractivity contribution in [3.8, 4) is 0 Å². The van der Waals surface area contributed by atoms with Gasteiger partial charge in [-0.2, -0.15) is 0 Å². The fourth-order valence-electron chi connectivity index (χ4n) is 2.55. The molecule has 3 rings (SSSR count). The summed E-state index contributed by atoms with van der Waals surface area (Å²) in [6, 6.07) is 13.1. The van der Waals surface area contributed by atoms with Gasteiger partial charge in [-0.15, -0.1) is 0 Å². The second-order valence-corrected chi connectivity index (χ2v) is 5.11. The van der Waals surface area contributed by atoms with E-state index in [9.17, 15) is 0 Å². The molecule has 1 aromatic carbocycles. The molecule has 0 amide bonds. The predicted molar refractivity (Wildman–Crippen MR) is 79.2 cm³/mol. The minimum absolute atomic E-state index is 0.367. The molecule has 2 heterocycles. The van der Waals surface area contributed by atoms with Crippen molar-refractivity contribution in [2.75, 3.05) is 18.5 Å². The number of hydrogen-bond donors (Lipinski definition) is 2. The van der Waals surface area contributed by atoms with Gasteiger partial charge in [-0.05, 0) is 18.1 Å². The maximum absolute atomic E-state index is 4.26. The third kappa shape index (κ3) is 2.95. The van der Waals surface area contributed by atoms with Crippen LogP contribution in [-0.2, 0) is 0 Å². The van der Waals surface area contributed by atoms with Crippen LogP contribution in [0.25, 0.3) is 0 Å². The minimum Gasteiger partial charge on any atom is -0.342 e. The number of likely N-dealkylation sites (N-methyl/N-ethyl adjacent to an activating group) is 1. The van der Waals surface area contributed by atoms with E-state index < -0.39 is 0 Å². The van der Waals surface area contributed by atoms with Crippen LogP contribution in [0.15, 0.2) is 48.8 Å². The summed E-state index contributed by atoms with van der Waals surface area (Å²) >= 11 is 0. The molecule has 1 aliphatic rings. The van der Waals surface area contributed by atoms with Crippen LogP contribution < -0.4 is 15.8 Å². The minimum atomic E-state index is 0.367. The predicted octanol–water partition coefficient (Wildman–Crippen LogP) is 1.52. The third-order valence-electron chi connectivity index (χ3n) is 3.57. The highest BCUT2D eigenvalue weighted by molar-refractivity contribution is 5.27. The summed E-state index contributed by atoms with van der Waals surface area (Å²) in [6.45, 7) is 0.875. The summed E-state index contributed by atoms with van der Waals surface area (Å²) in [5, 5.41) is 0. The molecule has 1 aromatic heterocycles. The fourth-order valence-corrected chi connectivity index (χ4v) is 2.55. The first-order valence-electron chi connectivity index (χ1n) is 6.87. The molecule has 0 aliphatic carbocycles. The van der Waals surface area contributed by atoms with Crippen molar-refractivity contribution in [1.29, 1.82) is 0 Å². The lowest BCUT2D eigenvalue weighted by atomic mass is 10.0. The number of rotatable bonds is 4. The molecule has 5 heteroatoms. The average Bonchev–Trinajstić information content (AvgIpc) is 2.97. The maximum atomic E-state index is 4.26. The smallest absolute Gasteiger partial charge is 0.225 e. The maximum Gasteiger partial charge on any atom is 0.225 e. The molecule has 0 radical (unpaired) electrons. The van der Waals surface area contributed by atoms with E-state index in [1.807, 2.05) is 19.2 Å². The fraction of sp³-hybridized carbons (Fsp3) is 0.333. The van der Waals surface area contributed by atoms with Gasteiger partial charge >= 0.3 is 0 Å². The molecular weight excluding hydrogens is 250 g/mol. The molecule has 20 heavy (non-hydrogen) atoms. The van der Waals surface area contributed by atoms with E-state index in [0.717, 1.165) is 18.9 Å². The van der Waals surface area contributed by atoms with Crippen molar-refractivity contribution in [2.24, 2.45) is 0 Å². The highest BCUT2D eigenvalue weighted by atomic mass is 15.4. The molecular formula is C15H19N5. The van der Waals surface area contributed by atoms with Crippen LogP contribution >= 0.6 is 0 Å². The van der Waals surface area contributed by atoms with E-state index in [2.05, 4.69) is 50.0 Å². The third-order valence-corrected chi connectivity index (χ3v) is 3.57. The zero-order valence-corrected chi connectivity index (χ0v) is 11.5. The zero-order valence-electron chi connectivity index (χ0n) is 11.5. The van der Waals surface area contributed by atoms with Crippen molar-refractivity contribution in [2.45, 2.75) is 18.5 Å². The summed E-state index contributed by atoms with van der Waals surface area (Å²) in [7, 11) is 2.02. The SMILES string of the molecule is CN(CC1CC(c2ccccc2)NN1)c1ncccn1. The molecule has 2 unspecified atom stereocenters. The van der Waals surface area contributed by atoms with Gasteiger partial charge in [0.25, 0.3) is 0 Å². The van der Waals surface area contributed by atoms with Crippen LogP contribution in [0.5, 0.6) is 0 Å². The van der Waals surface area contributed by atoms with Gasteiger partial charge in [0.05, 0.1) is 0 Å². The van der Waals surface area contributed by atoms with Gasteiger partial charge in [-0.1, -0.05) is 30.3 Å². The van der Waals surface area contributed by atoms with Crippen molar-refractivity contribution in [3.63, 3.8) is 0 Å².